The molecule has 0 aliphatic carbocycles. The van der Waals surface area contributed by atoms with Gasteiger partial charge in [0.2, 0.25) is 10.0 Å². The molecule has 0 atom stereocenters. The molecule has 13 nitrogen and oxygen atoms in total. The summed E-state index contributed by atoms with van der Waals surface area (Å²) in [5.74, 6) is 0.123. The van der Waals surface area contributed by atoms with Crippen molar-refractivity contribution < 1.29 is 8.42 Å². The van der Waals surface area contributed by atoms with Crippen LogP contribution in [0.15, 0.2) is 100 Å². The van der Waals surface area contributed by atoms with Crippen LogP contribution in [0, 0.1) is 0 Å². The number of nitrogens with zero attached hydrogens (tertiary/aromatic N) is 5. The van der Waals surface area contributed by atoms with Crippen molar-refractivity contribution in [3.8, 4) is 5.69 Å². The fourth-order valence-electron chi connectivity index (χ4n) is 6.59. The van der Waals surface area contributed by atoms with Crippen molar-refractivity contribution >= 4 is 27.0 Å². The molecular weight excluding hydrogens is 725 g/mol. The van der Waals surface area contributed by atoms with E-state index < -0.39 is 10.0 Å². The number of hydrogen-bond donors (Lipinski definition) is 5. The quantitative estimate of drug-likeness (QED) is 0.0629. The number of aliphatic imine (C=N–C) groups is 1. The molecule has 56 heavy (non-hydrogen) atoms. The molecule has 14 heteroatoms. The number of sulfonamides is 1. The number of guanidine groups is 1. The molecule has 7 N–H and O–H groups in total. The molecule has 3 aromatic heterocycles. The van der Waals surface area contributed by atoms with Gasteiger partial charge in [0.25, 0.3) is 0 Å². The van der Waals surface area contributed by atoms with Crippen molar-refractivity contribution in [2.45, 2.75) is 95.7 Å². The highest BCUT2D eigenvalue weighted by molar-refractivity contribution is 7.89. The third-order valence-corrected chi connectivity index (χ3v) is 11.9. The predicted octanol–water partition coefficient (Wildman–Crippen LogP) is 4.99. The first kappa shape index (κ1) is 42.4. The lowest BCUT2D eigenvalue weighted by Crippen LogP contribution is -2.47. The lowest BCUT2D eigenvalue weighted by atomic mass is 9.87. The molecule has 4 heterocycles. The van der Waals surface area contributed by atoms with E-state index >= 15 is 0 Å². The Morgan fingerprint density at radius 2 is 1.66 bits per heavy atom. The predicted molar refractivity (Wildman–Crippen MR) is 227 cm³/mol. The summed E-state index contributed by atoms with van der Waals surface area (Å²) < 4.78 is 32.5. The minimum absolute atomic E-state index is 0.0352. The number of aromatic amines is 1. The van der Waals surface area contributed by atoms with E-state index in [9.17, 15) is 13.2 Å². The number of hydrogen-bond acceptors (Lipinski definition) is 7. The van der Waals surface area contributed by atoms with Crippen LogP contribution in [0.2, 0.25) is 0 Å². The maximum atomic E-state index is 13.6. The first-order chi connectivity index (χ1) is 26.5. The Morgan fingerprint density at radius 3 is 2.30 bits per heavy atom. The summed E-state index contributed by atoms with van der Waals surface area (Å²) >= 11 is 0. The van der Waals surface area contributed by atoms with E-state index in [4.69, 9.17) is 11.5 Å². The summed E-state index contributed by atoms with van der Waals surface area (Å²) in [6.07, 6.45) is 8.37. The standard InChI is InChI=1S/C21H29N7O.C21H31N3O2S/c1-21(2,3)17-11-15-13-28(20(29)27-18(15)26-17)16-7-5-14(6-8-16)12-24-9-4-10-25-19(22)23;1-21(2,3)18-7-6-8-20(17-18)27(25,26)24(19-9-11-22-12-10-19)16-15-23-13-4-5-14-23/h5-8,11,13,24H,4,9-10,12H2,1-3H3,(H4,22,23,25)(H,26,27,29);4-8,13-14,17,19,22H,9-12,15-16H2,1-3H3. The molecule has 0 bridgehead atoms. The lowest BCUT2D eigenvalue weighted by Gasteiger charge is -2.34. The van der Waals surface area contributed by atoms with Gasteiger partial charge in [-0.05, 0) is 97.9 Å². The number of rotatable bonds is 13. The van der Waals surface area contributed by atoms with E-state index in [-0.39, 0.29) is 28.5 Å². The number of benzene rings is 2. The Labute approximate surface area is 331 Å². The van der Waals surface area contributed by atoms with Crippen LogP contribution in [-0.2, 0) is 33.9 Å². The van der Waals surface area contributed by atoms with Crippen molar-refractivity contribution in [2.24, 2.45) is 16.5 Å². The molecule has 0 amide bonds. The molecule has 0 saturated carbocycles. The van der Waals surface area contributed by atoms with Gasteiger partial charge in [0.1, 0.15) is 5.65 Å². The van der Waals surface area contributed by atoms with Crippen molar-refractivity contribution in [2.75, 3.05) is 32.7 Å². The van der Waals surface area contributed by atoms with Gasteiger partial charge in [0, 0.05) is 67.3 Å². The first-order valence-corrected chi connectivity index (χ1v) is 20.9. The maximum absolute atomic E-state index is 13.6. The Morgan fingerprint density at radius 1 is 0.964 bits per heavy atom. The third-order valence-electron chi connectivity index (χ3n) is 9.93. The van der Waals surface area contributed by atoms with Gasteiger partial charge in [0.15, 0.2) is 5.96 Å². The van der Waals surface area contributed by atoms with Gasteiger partial charge in [-0.25, -0.2) is 13.2 Å². The molecule has 302 valence electrons. The summed E-state index contributed by atoms with van der Waals surface area (Å²) in [7, 11) is -3.54. The molecule has 1 aliphatic heterocycles. The van der Waals surface area contributed by atoms with Gasteiger partial charge in [-0.2, -0.15) is 9.29 Å². The molecule has 1 saturated heterocycles. The van der Waals surface area contributed by atoms with E-state index in [0.717, 1.165) is 73.3 Å². The monoisotopic (exact) mass is 784 g/mol. The van der Waals surface area contributed by atoms with Crippen LogP contribution in [0.1, 0.15) is 77.6 Å². The fourth-order valence-corrected chi connectivity index (χ4v) is 8.31. The zero-order chi connectivity index (χ0) is 40.5. The molecule has 5 aromatic rings. The topological polar surface area (TPSA) is 181 Å². The van der Waals surface area contributed by atoms with Crippen LogP contribution in [0.4, 0.5) is 0 Å². The largest absolute Gasteiger partial charge is 0.370 e. The molecular formula is C42H60N10O3S. The summed E-state index contributed by atoms with van der Waals surface area (Å²) in [5.41, 5.74) is 14.8. The van der Waals surface area contributed by atoms with Gasteiger partial charge < -0.3 is 31.7 Å². The fraction of sp³-hybridized carbons (Fsp3) is 0.452. The highest BCUT2D eigenvalue weighted by atomic mass is 32.2. The highest BCUT2D eigenvalue weighted by Crippen LogP contribution is 2.28. The number of fused-ring (bicyclic) bond motifs is 1. The Hall–Kier alpha value is -4.76. The smallest absolute Gasteiger partial charge is 0.354 e. The van der Waals surface area contributed by atoms with Crippen molar-refractivity contribution in [3.05, 3.63) is 113 Å². The van der Waals surface area contributed by atoms with Crippen LogP contribution < -0.4 is 27.8 Å². The molecule has 6 rings (SSSR count). The van der Waals surface area contributed by atoms with E-state index in [0.29, 0.717) is 30.2 Å². The number of nitrogens with two attached hydrogens (primary N) is 2. The number of piperidine rings is 1. The molecule has 1 aliphatic rings. The van der Waals surface area contributed by atoms with Crippen molar-refractivity contribution in [3.63, 3.8) is 0 Å². The normalized spacial score (nSPS) is 14.1. The number of H-pyrrole nitrogens is 1. The summed E-state index contributed by atoms with van der Waals surface area (Å²) in [6.45, 7) is 17.7. The van der Waals surface area contributed by atoms with E-state index in [1.165, 1.54) is 0 Å². The second kappa shape index (κ2) is 18.5. The molecule has 2 aromatic carbocycles. The molecule has 0 radical (unpaired) electrons. The number of aromatic nitrogens is 4. The van der Waals surface area contributed by atoms with E-state index in [1.54, 1.807) is 14.9 Å². The highest BCUT2D eigenvalue weighted by Gasteiger charge is 2.33. The maximum Gasteiger partial charge on any atom is 0.354 e. The van der Waals surface area contributed by atoms with E-state index in [2.05, 4.69) is 73.2 Å². The summed E-state index contributed by atoms with van der Waals surface area (Å²) in [6, 6.07) is 21.4. The molecule has 0 spiro atoms. The average Bonchev–Trinajstić information content (AvgIpc) is 3.84. The molecule has 0 unspecified atom stereocenters. The van der Waals surface area contributed by atoms with Gasteiger partial charge >= 0.3 is 5.69 Å². The zero-order valence-electron chi connectivity index (χ0n) is 33.8. The Balaban J connectivity index is 0.000000215. The Bertz CT molecular complexity index is 2200. The van der Waals surface area contributed by atoms with Crippen LogP contribution >= 0.6 is 0 Å². The van der Waals surface area contributed by atoms with Crippen LogP contribution in [-0.4, -0.2) is 76.6 Å². The van der Waals surface area contributed by atoms with Gasteiger partial charge in [-0.1, -0.05) is 65.8 Å². The first-order valence-electron chi connectivity index (χ1n) is 19.4. The minimum atomic E-state index is -3.54. The van der Waals surface area contributed by atoms with Gasteiger partial charge in [0.05, 0.1) is 10.6 Å². The zero-order valence-corrected chi connectivity index (χ0v) is 34.6. The average molecular weight is 785 g/mol. The third kappa shape index (κ3) is 11.4. The van der Waals surface area contributed by atoms with Crippen molar-refractivity contribution in [1.82, 2.24) is 34.0 Å². The van der Waals surface area contributed by atoms with Crippen molar-refractivity contribution in [1.29, 1.82) is 0 Å². The summed E-state index contributed by atoms with van der Waals surface area (Å²) in [5, 5.41) is 7.60. The van der Waals surface area contributed by atoms with Gasteiger partial charge in [-0.15, -0.1) is 0 Å². The molecule has 1 fully saturated rings. The van der Waals surface area contributed by atoms with E-state index in [1.807, 2.05) is 77.8 Å². The number of nitrogens with one attached hydrogen (secondary N) is 3. The Kier molecular flexibility index (Phi) is 14.0. The summed E-state index contributed by atoms with van der Waals surface area (Å²) in [4.78, 5) is 24.3. The lowest BCUT2D eigenvalue weighted by molar-refractivity contribution is 0.255. The second-order valence-corrected chi connectivity index (χ2v) is 18.3. The second-order valence-electron chi connectivity index (χ2n) is 16.4. The van der Waals surface area contributed by atoms with Crippen LogP contribution in [0.25, 0.3) is 16.7 Å². The minimum Gasteiger partial charge on any atom is -0.370 e. The SMILES string of the molecule is CC(C)(C)c1cc2cn(-c3ccc(CNCCCN=C(N)N)cc3)c(=O)nc2[nH]1.CC(C)(C)c1cccc(S(=O)(=O)N(CCn2cccc2)C2CCNCC2)c1. The van der Waals surface area contributed by atoms with Gasteiger partial charge in [-0.3, -0.25) is 9.56 Å². The van der Waals surface area contributed by atoms with Crippen LogP contribution in [0.5, 0.6) is 0 Å². The van der Waals surface area contributed by atoms with Crippen LogP contribution in [0.3, 0.4) is 0 Å².